The molecule has 1 amide bonds. The molecule has 2 atom stereocenters. The second-order valence-electron chi connectivity index (χ2n) is 8.52. The fourth-order valence-corrected chi connectivity index (χ4v) is 3.25. The molecule has 37 heavy (non-hydrogen) atoms. The number of carboxylic acids is 1. The Morgan fingerprint density at radius 2 is 1.92 bits per heavy atom. The minimum atomic E-state index is -5.08. The highest BCUT2D eigenvalue weighted by atomic mass is 19.4. The molecule has 0 spiro atoms. The van der Waals surface area contributed by atoms with E-state index in [0.717, 1.165) is 0 Å². The number of aryl methyl sites for hydroxylation is 1. The van der Waals surface area contributed by atoms with Crippen molar-refractivity contribution < 1.29 is 51.6 Å². The van der Waals surface area contributed by atoms with E-state index in [1.54, 1.807) is 6.92 Å². The van der Waals surface area contributed by atoms with Gasteiger partial charge in [0.25, 0.3) is 12.3 Å². The Kier molecular flexibility index (Phi) is 9.11. The summed E-state index contributed by atoms with van der Waals surface area (Å²) in [6, 6.07) is 4.12. The number of ether oxygens (including phenoxy) is 1. The zero-order valence-corrected chi connectivity index (χ0v) is 19.6. The number of alkyl halides is 5. The second-order valence-corrected chi connectivity index (χ2v) is 8.52. The van der Waals surface area contributed by atoms with Crippen molar-refractivity contribution in [2.75, 3.05) is 25.6 Å². The molecular weight excluding hydrogens is 511 g/mol. The molecule has 2 aromatic rings. The lowest BCUT2D eigenvalue weighted by molar-refractivity contribution is -0.192. The molecule has 0 saturated carbocycles. The highest BCUT2D eigenvalue weighted by Gasteiger charge is 2.40. The minimum absolute atomic E-state index is 0.0768. The highest BCUT2D eigenvalue weighted by Crippen LogP contribution is 2.32. The van der Waals surface area contributed by atoms with Crippen LogP contribution in [0.2, 0.25) is 0 Å². The van der Waals surface area contributed by atoms with E-state index in [0.29, 0.717) is 30.8 Å². The molecule has 3 rings (SSSR count). The van der Waals surface area contributed by atoms with Gasteiger partial charge in [-0.05, 0) is 37.5 Å². The van der Waals surface area contributed by atoms with Crippen molar-refractivity contribution in [3.8, 4) is 11.3 Å². The van der Waals surface area contributed by atoms with Gasteiger partial charge in [-0.15, -0.1) is 0 Å². The van der Waals surface area contributed by atoms with Gasteiger partial charge in [-0.1, -0.05) is 12.1 Å². The normalized spacial score (nSPS) is 19.1. The van der Waals surface area contributed by atoms with Crippen LogP contribution in [0.15, 0.2) is 24.4 Å². The van der Waals surface area contributed by atoms with Crippen LogP contribution in [0.1, 0.15) is 35.0 Å². The van der Waals surface area contributed by atoms with Gasteiger partial charge in [0.05, 0.1) is 30.6 Å². The number of nitrogens with one attached hydrogen (secondary N) is 1. The summed E-state index contributed by atoms with van der Waals surface area (Å²) >= 11 is 0. The third-order valence-corrected chi connectivity index (χ3v) is 5.51. The predicted octanol–water partition coefficient (Wildman–Crippen LogP) is 2.02. The molecule has 0 aliphatic carbocycles. The molecule has 6 N–H and O–H groups in total. The van der Waals surface area contributed by atoms with E-state index in [-0.39, 0.29) is 22.8 Å². The number of hydrogen-bond acceptors (Lipinski definition) is 8. The fraction of sp³-hybridized carbons (Fsp3) is 0.455. The smallest absolute Gasteiger partial charge is 0.475 e. The molecule has 204 valence electrons. The zero-order chi connectivity index (χ0) is 28.2. The average Bonchev–Trinajstić information content (AvgIpc) is 3.24. The summed E-state index contributed by atoms with van der Waals surface area (Å²) in [7, 11) is 0. The first-order valence-electron chi connectivity index (χ1n) is 10.6. The Morgan fingerprint density at radius 3 is 2.41 bits per heavy atom. The van der Waals surface area contributed by atoms with Crippen LogP contribution in [0.3, 0.4) is 0 Å². The lowest BCUT2D eigenvalue weighted by atomic mass is 9.91. The van der Waals surface area contributed by atoms with Crippen molar-refractivity contribution in [1.29, 1.82) is 0 Å². The quantitative estimate of drug-likeness (QED) is 0.347. The molecule has 1 aliphatic heterocycles. The summed E-state index contributed by atoms with van der Waals surface area (Å²) in [5.74, 6) is -3.36. The van der Waals surface area contributed by atoms with E-state index in [1.807, 2.05) is 6.92 Å². The van der Waals surface area contributed by atoms with Crippen LogP contribution >= 0.6 is 0 Å². The Hall–Kier alpha value is -3.43. The number of aliphatic hydroxyl groups excluding tert-OH is 1. The molecule has 2 heterocycles. The molecular formula is C22H25F5N4O6. The van der Waals surface area contributed by atoms with Crippen molar-refractivity contribution in [3.05, 3.63) is 41.2 Å². The van der Waals surface area contributed by atoms with Gasteiger partial charge < -0.3 is 31.1 Å². The van der Waals surface area contributed by atoms with Crippen molar-refractivity contribution in [3.63, 3.8) is 0 Å². The summed E-state index contributed by atoms with van der Waals surface area (Å²) in [4.78, 5) is 30.0. The maximum Gasteiger partial charge on any atom is 0.490 e. The lowest BCUT2D eigenvalue weighted by Gasteiger charge is -2.26. The number of nitrogen functional groups attached to an aromatic ring is 1. The molecule has 1 aromatic carbocycles. The number of nitrogens with two attached hydrogens (primary N) is 1. The molecule has 0 radical (unpaired) electrons. The number of benzene rings is 1. The number of hydrogen-bond donors (Lipinski definition) is 5. The lowest BCUT2D eigenvalue weighted by Crippen LogP contribution is -2.46. The Balaban J connectivity index is 0.000000604. The number of aromatic nitrogens is 2. The van der Waals surface area contributed by atoms with E-state index >= 15 is 0 Å². The highest BCUT2D eigenvalue weighted by molar-refractivity contribution is 5.97. The largest absolute Gasteiger partial charge is 0.490 e. The number of carbonyl (C=O) groups excluding carboxylic acids is 1. The van der Waals surface area contributed by atoms with E-state index in [4.69, 9.17) is 20.4 Å². The molecule has 1 unspecified atom stereocenters. The van der Waals surface area contributed by atoms with Crippen LogP contribution in [0.5, 0.6) is 0 Å². The van der Waals surface area contributed by atoms with Crippen LogP contribution < -0.4 is 11.1 Å². The first kappa shape index (κ1) is 29.8. The number of amides is 1. The van der Waals surface area contributed by atoms with E-state index in [1.165, 1.54) is 24.4 Å². The Bertz CT molecular complexity index is 1140. The van der Waals surface area contributed by atoms with Gasteiger partial charge in [0.15, 0.2) is 17.1 Å². The number of carboxylic acid groups (broad SMARTS) is 1. The molecule has 0 bridgehead atoms. The molecule has 1 fully saturated rings. The number of anilines is 1. The van der Waals surface area contributed by atoms with Gasteiger partial charge >= 0.3 is 12.1 Å². The van der Waals surface area contributed by atoms with E-state index < -0.39 is 42.2 Å². The van der Waals surface area contributed by atoms with Gasteiger partial charge in [0.1, 0.15) is 0 Å². The first-order chi connectivity index (χ1) is 17.0. The maximum atomic E-state index is 13.3. The van der Waals surface area contributed by atoms with Crippen LogP contribution in [0, 0.1) is 6.92 Å². The van der Waals surface area contributed by atoms with E-state index in [9.17, 15) is 37.0 Å². The molecule has 15 heteroatoms. The zero-order valence-electron chi connectivity index (χ0n) is 19.6. The van der Waals surface area contributed by atoms with Crippen LogP contribution in [0.4, 0.5) is 27.8 Å². The standard InChI is InChI=1S/C20H24F2N4O4.C2HF3O2/c1-11-3-4-12(20(29,9-27)18(21)22)7-13(11)14-8-24-16(23)15(25-14)17(28)26-19(2)5-6-30-10-19;3-2(4,5)1(6)7/h3-4,7-8,18,27,29H,5-6,9-10H2,1-2H3,(H2,23,24)(H,26,28);(H,6,7)/t19?,20-;/m1./s1. The number of carbonyl (C=O) groups is 2. The van der Waals surface area contributed by atoms with Crippen molar-refractivity contribution in [1.82, 2.24) is 15.3 Å². The molecule has 10 nitrogen and oxygen atoms in total. The maximum absolute atomic E-state index is 13.3. The second kappa shape index (κ2) is 11.3. The Labute approximate surface area is 207 Å². The van der Waals surface area contributed by atoms with E-state index in [2.05, 4.69) is 15.3 Å². The number of nitrogens with zero attached hydrogens (tertiary/aromatic N) is 2. The summed E-state index contributed by atoms with van der Waals surface area (Å²) in [6.45, 7) is 3.30. The summed E-state index contributed by atoms with van der Waals surface area (Å²) in [5.41, 5.74) is 3.53. The van der Waals surface area contributed by atoms with Crippen molar-refractivity contribution in [2.24, 2.45) is 0 Å². The predicted molar refractivity (Wildman–Crippen MR) is 119 cm³/mol. The summed E-state index contributed by atoms with van der Waals surface area (Å²) < 4.78 is 63.7. The first-order valence-corrected chi connectivity index (χ1v) is 10.6. The summed E-state index contributed by atoms with van der Waals surface area (Å²) in [6.07, 6.45) is -6.33. The van der Waals surface area contributed by atoms with Crippen LogP contribution in [-0.2, 0) is 15.1 Å². The number of rotatable bonds is 6. The van der Waals surface area contributed by atoms with Crippen LogP contribution in [0.25, 0.3) is 11.3 Å². The third kappa shape index (κ3) is 7.08. The molecule has 1 aliphatic rings. The third-order valence-electron chi connectivity index (χ3n) is 5.51. The number of aliphatic carboxylic acids is 1. The van der Waals surface area contributed by atoms with Gasteiger partial charge in [-0.25, -0.2) is 23.5 Å². The van der Waals surface area contributed by atoms with Crippen LogP contribution in [-0.4, -0.2) is 75.1 Å². The number of aliphatic hydroxyl groups is 2. The fourth-order valence-electron chi connectivity index (χ4n) is 3.25. The van der Waals surface area contributed by atoms with Gasteiger partial charge in [-0.3, -0.25) is 4.79 Å². The SMILES string of the molecule is Cc1ccc([C@](O)(CO)C(F)F)cc1-c1cnc(N)c(C(=O)NC2(C)CCOC2)n1.O=C(O)C(F)(F)F. The van der Waals surface area contributed by atoms with Gasteiger partial charge in [0, 0.05) is 12.2 Å². The number of halogens is 5. The minimum Gasteiger partial charge on any atom is -0.475 e. The van der Waals surface area contributed by atoms with Crippen molar-refractivity contribution >= 4 is 17.7 Å². The average molecular weight is 536 g/mol. The van der Waals surface area contributed by atoms with Gasteiger partial charge in [0.2, 0.25) is 0 Å². The summed E-state index contributed by atoms with van der Waals surface area (Å²) in [5, 5.41) is 29.5. The van der Waals surface area contributed by atoms with Gasteiger partial charge in [-0.2, -0.15) is 13.2 Å². The Morgan fingerprint density at radius 1 is 1.30 bits per heavy atom. The van der Waals surface area contributed by atoms with Crippen molar-refractivity contribution in [2.45, 2.75) is 44.0 Å². The monoisotopic (exact) mass is 536 g/mol. The molecule has 1 saturated heterocycles. The topological polar surface area (TPSA) is 168 Å². The molecule has 1 aromatic heterocycles.